The van der Waals surface area contributed by atoms with Crippen molar-refractivity contribution in [3.05, 3.63) is 77.9 Å². The van der Waals surface area contributed by atoms with Crippen LogP contribution in [0.5, 0.6) is 0 Å². The molecule has 0 aliphatic carbocycles. The molecule has 1 unspecified atom stereocenters. The van der Waals surface area contributed by atoms with Gasteiger partial charge in [-0.2, -0.15) is 0 Å². The highest BCUT2D eigenvalue weighted by Crippen LogP contribution is 2.29. The molecule has 0 radical (unpaired) electrons. The van der Waals surface area contributed by atoms with E-state index in [4.69, 9.17) is 4.74 Å². The highest BCUT2D eigenvalue weighted by Gasteiger charge is 2.25. The van der Waals surface area contributed by atoms with Crippen LogP contribution in [0.4, 0.5) is 0 Å². The Morgan fingerprint density at radius 1 is 1.13 bits per heavy atom. The van der Waals surface area contributed by atoms with Gasteiger partial charge in [-0.1, -0.05) is 36.4 Å². The Morgan fingerprint density at radius 2 is 1.87 bits per heavy atom. The van der Waals surface area contributed by atoms with Crippen molar-refractivity contribution in [2.24, 2.45) is 0 Å². The predicted octanol–water partition coefficient (Wildman–Crippen LogP) is 2.99. The molecule has 0 aliphatic heterocycles. The maximum Gasteiger partial charge on any atom is 0.356 e. The van der Waals surface area contributed by atoms with Crippen LogP contribution in [0.3, 0.4) is 0 Å². The number of imidazole rings is 1. The monoisotopic (exact) mass is 325 g/mol. The summed E-state index contributed by atoms with van der Waals surface area (Å²) in [6.45, 7) is 0. The Balaban J connectivity index is 2.22. The topological polar surface area (TPSA) is 57.0 Å². The van der Waals surface area contributed by atoms with Gasteiger partial charge in [0, 0.05) is 6.20 Å². The average Bonchev–Trinajstić information content (AvgIpc) is 2.98. The van der Waals surface area contributed by atoms with Crippen molar-refractivity contribution in [3.8, 4) is 0 Å². The first-order valence-electron chi connectivity index (χ1n) is 7.02. The molecule has 0 N–H and O–H groups in total. The van der Waals surface area contributed by atoms with Crippen LogP contribution in [0.15, 0.2) is 66.1 Å². The maximum atomic E-state index is 12.1. The Bertz CT molecular complexity index is 764. The third-order valence-corrected chi connectivity index (χ3v) is 3.84. The lowest BCUT2D eigenvalue weighted by molar-refractivity contribution is 0.0586. The Hall–Kier alpha value is -2.60. The van der Waals surface area contributed by atoms with Crippen molar-refractivity contribution in [1.82, 2.24) is 14.5 Å². The highest BCUT2D eigenvalue weighted by atomic mass is 32.1. The van der Waals surface area contributed by atoms with Gasteiger partial charge in [0.05, 0.1) is 19.0 Å². The number of methoxy groups -OCH3 is 1. The molecular formula is C17H15N3O2S. The fraction of sp³-hybridized carbons (Fsp3) is 0.118. The second-order valence-electron chi connectivity index (χ2n) is 4.87. The molecule has 0 amide bonds. The smallest absolute Gasteiger partial charge is 0.356 e. The van der Waals surface area contributed by atoms with Gasteiger partial charge >= 0.3 is 5.97 Å². The van der Waals surface area contributed by atoms with Crippen LogP contribution in [0.2, 0.25) is 0 Å². The molecule has 1 aromatic carbocycles. The molecule has 0 bridgehead atoms. The van der Waals surface area contributed by atoms with Crippen LogP contribution in [-0.2, 0) is 4.74 Å². The van der Waals surface area contributed by atoms with Crippen LogP contribution < -0.4 is 0 Å². The van der Waals surface area contributed by atoms with Gasteiger partial charge in [-0.25, -0.2) is 9.78 Å². The molecule has 116 valence electrons. The zero-order valence-corrected chi connectivity index (χ0v) is 13.4. The third-order valence-electron chi connectivity index (χ3n) is 3.51. The van der Waals surface area contributed by atoms with Crippen molar-refractivity contribution in [2.75, 3.05) is 7.11 Å². The molecule has 0 fully saturated rings. The molecular weight excluding hydrogens is 310 g/mol. The third kappa shape index (κ3) is 2.98. The van der Waals surface area contributed by atoms with Crippen LogP contribution in [0, 0.1) is 0 Å². The summed E-state index contributed by atoms with van der Waals surface area (Å²) in [6.07, 6.45) is 3.19. The summed E-state index contributed by atoms with van der Waals surface area (Å²) in [5.41, 5.74) is 2.10. The summed E-state index contributed by atoms with van der Waals surface area (Å²) in [7, 11) is 1.34. The summed E-state index contributed by atoms with van der Waals surface area (Å²) >= 11 is 4.41. The van der Waals surface area contributed by atoms with Crippen molar-refractivity contribution >= 4 is 18.6 Å². The summed E-state index contributed by atoms with van der Waals surface area (Å²) in [4.78, 5) is 20.7. The number of nitrogens with zero attached hydrogens (tertiary/aromatic N) is 3. The highest BCUT2D eigenvalue weighted by molar-refractivity contribution is 7.80. The van der Waals surface area contributed by atoms with Crippen LogP contribution >= 0.6 is 12.6 Å². The summed E-state index contributed by atoms with van der Waals surface area (Å²) < 4.78 is 6.59. The first-order chi connectivity index (χ1) is 11.2. The van der Waals surface area contributed by atoms with E-state index in [1.54, 1.807) is 10.8 Å². The van der Waals surface area contributed by atoms with Gasteiger partial charge in [-0.15, -0.1) is 12.6 Å². The molecule has 3 rings (SSSR count). The fourth-order valence-corrected chi connectivity index (χ4v) is 2.77. The summed E-state index contributed by atoms with van der Waals surface area (Å²) in [5.74, 6) is -0.463. The van der Waals surface area contributed by atoms with Crippen molar-refractivity contribution < 1.29 is 9.53 Å². The first-order valence-corrected chi connectivity index (χ1v) is 7.47. The van der Waals surface area contributed by atoms with Crippen LogP contribution in [0.1, 0.15) is 27.8 Å². The lowest BCUT2D eigenvalue weighted by Gasteiger charge is -2.21. The van der Waals surface area contributed by atoms with Gasteiger partial charge in [-0.3, -0.25) is 4.98 Å². The molecule has 5 nitrogen and oxygen atoms in total. The minimum absolute atomic E-state index is 0.318. The van der Waals surface area contributed by atoms with E-state index in [1.807, 2.05) is 48.5 Å². The van der Waals surface area contributed by atoms with E-state index in [9.17, 15) is 4.79 Å². The quantitative estimate of drug-likeness (QED) is 0.592. The number of hydrogen-bond donors (Lipinski definition) is 1. The van der Waals surface area contributed by atoms with E-state index in [0.29, 0.717) is 10.9 Å². The maximum absolute atomic E-state index is 12.1. The van der Waals surface area contributed by atoms with Gasteiger partial charge in [0.2, 0.25) is 0 Å². The second-order valence-corrected chi connectivity index (χ2v) is 5.27. The normalized spacial score (nSPS) is 11.9. The minimum Gasteiger partial charge on any atom is -0.464 e. The average molecular weight is 325 g/mol. The zero-order valence-electron chi connectivity index (χ0n) is 12.5. The van der Waals surface area contributed by atoms with E-state index in [-0.39, 0.29) is 6.04 Å². The van der Waals surface area contributed by atoms with Crippen molar-refractivity contribution in [2.45, 2.75) is 11.2 Å². The van der Waals surface area contributed by atoms with E-state index in [0.717, 1.165) is 11.3 Å². The van der Waals surface area contributed by atoms with E-state index in [1.165, 1.54) is 13.3 Å². The number of benzene rings is 1. The Labute approximate surface area is 139 Å². The number of carbonyl (C=O) groups is 1. The van der Waals surface area contributed by atoms with E-state index in [2.05, 4.69) is 22.6 Å². The molecule has 3 aromatic rings. The first kappa shape index (κ1) is 15.3. The van der Waals surface area contributed by atoms with Crippen LogP contribution in [0.25, 0.3) is 0 Å². The number of ether oxygens (including phenoxy) is 1. The van der Waals surface area contributed by atoms with E-state index >= 15 is 0 Å². The number of thiol groups is 1. The van der Waals surface area contributed by atoms with Crippen molar-refractivity contribution in [1.29, 1.82) is 0 Å². The molecule has 2 heterocycles. The molecule has 2 aromatic heterocycles. The second kappa shape index (κ2) is 6.66. The summed E-state index contributed by atoms with van der Waals surface area (Å²) in [5, 5.41) is 0.421. The fourth-order valence-electron chi connectivity index (χ4n) is 2.49. The number of pyridine rings is 1. The number of aromatic nitrogens is 3. The molecule has 0 saturated carbocycles. The lowest BCUT2D eigenvalue weighted by atomic mass is 10.0. The molecule has 1 atom stereocenters. The van der Waals surface area contributed by atoms with Gasteiger partial charge in [0.1, 0.15) is 11.7 Å². The summed E-state index contributed by atoms with van der Waals surface area (Å²) in [6, 6.07) is 15.1. The zero-order chi connectivity index (χ0) is 16.2. The van der Waals surface area contributed by atoms with Crippen molar-refractivity contribution in [3.63, 3.8) is 0 Å². The van der Waals surface area contributed by atoms with Gasteiger partial charge in [0.15, 0.2) is 5.16 Å². The SMILES string of the molecule is COC(=O)c1cnc(S)n1C(c1ccccc1)c1ccccn1. The minimum atomic E-state index is -0.463. The molecule has 6 heteroatoms. The molecule has 0 saturated heterocycles. The Morgan fingerprint density at radius 3 is 2.52 bits per heavy atom. The number of hydrogen-bond acceptors (Lipinski definition) is 5. The predicted molar refractivity (Wildman–Crippen MR) is 88.7 cm³/mol. The molecule has 0 spiro atoms. The van der Waals surface area contributed by atoms with E-state index < -0.39 is 5.97 Å². The Kier molecular flexibility index (Phi) is 4.43. The number of esters is 1. The van der Waals surface area contributed by atoms with Gasteiger partial charge in [0.25, 0.3) is 0 Å². The van der Waals surface area contributed by atoms with Gasteiger partial charge in [-0.05, 0) is 17.7 Å². The standard InChI is InChI=1S/C17H15N3O2S/c1-22-16(21)14-11-19-17(23)20(14)15(12-7-3-2-4-8-12)13-9-5-6-10-18-13/h2-11,15H,1H3,(H,19,23). The number of carbonyl (C=O) groups excluding carboxylic acids is 1. The lowest BCUT2D eigenvalue weighted by Crippen LogP contribution is -2.19. The van der Waals surface area contributed by atoms with Crippen LogP contribution in [-0.4, -0.2) is 27.6 Å². The molecule has 0 aliphatic rings. The number of rotatable bonds is 4. The largest absolute Gasteiger partial charge is 0.464 e. The van der Waals surface area contributed by atoms with Gasteiger partial charge < -0.3 is 9.30 Å². The molecule has 23 heavy (non-hydrogen) atoms.